The Bertz CT molecular complexity index is 1170. The summed E-state index contributed by atoms with van der Waals surface area (Å²) in [5.41, 5.74) is 12.2. The zero-order valence-corrected chi connectivity index (χ0v) is 15.4. The minimum absolute atomic E-state index is 0.0606. The molecule has 5 rings (SSSR count). The summed E-state index contributed by atoms with van der Waals surface area (Å²) < 4.78 is 2.01. The van der Waals surface area contributed by atoms with Gasteiger partial charge in [-0.3, -0.25) is 0 Å². The lowest BCUT2D eigenvalue weighted by atomic mass is 9.88. The Morgan fingerprint density at radius 1 is 1.04 bits per heavy atom. The molecule has 0 spiro atoms. The van der Waals surface area contributed by atoms with Crippen molar-refractivity contribution >= 4 is 16.9 Å². The zero-order chi connectivity index (χ0) is 19.1. The number of nitrogen functional groups attached to an aromatic ring is 1. The van der Waals surface area contributed by atoms with Gasteiger partial charge in [0.1, 0.15) is 17.8 Å². The topological polar surface area (TPSA) is 89.8 Å². The highest BCUT2D eigenvalue weighted by Crippen LogP contribution is 2.36. The van der Waals surface area contributed by atoms with Crippen LogP contribution in [-0.2, 0) is 19.4 Å². The standard InChI is InChI=1S/C22H21N5O/c23-21-19-20(18-8-4-3-7-16(18)12-28)26-27(22(19)25-13-24-21)17-10-9-14-5-1-2-6-15(14)11-17/h1-8,13,17,28H,9-12H2,(H2,23,24,25). The van der Waals surface area contributed by atoms with Crippen molar-refractivity contribution in [3.8, 4) is 11.3 Å². The first-order valence-corrected chi connectivity index (χ1v) is 9.51. The number of aliphatic hydroxyl groups is 1. The molecular formula is C22H21N5O. The van der Waals surface area contributed by atoms with E-state index in [4.69, 9.17) is 10.8 Å². The lowest BCUT2D eigenvalue weighted by Crippen LogP contribution is -2.20. The molecule has 6 nitrogen and oxygen atoms in total. The summed E-state index contributed by atoms with van der Waals surface area (Å²) >= 11 is 0. The molecular weight excluding hydrogens is 350 g/mol. The third kappa shape index (κ3) is 2.65. The number of hydrogen-bond donors (Lipinski definition) is 2. The molecule has 3 N–H and O–H groups in total. The Balaban J connectivity index is 1.68. The van der Waals surface area contributed by atoms with E-state index < -0.39 is 0 Å². The van der Waals surface area contributed by atoms with Crippen LogP contribution in [0, 0.1) is 0 Å². The van der Waals surface area contributed by atoms with Crippen molar-refractivity contribution in [3.05, 3.63) is 71.5 Å². The number of hydrogen-bond acceptors (Lipinski definition) is 5. The van der Waals surface area contributed by atoms with Crippen molar-refractivity contribution < 1.29 is 5.11 Å². The fourth-order valence-electron chi connectivity index (χ4n) is 4.22. The number of anilines is 1. The van der Waals surface area contributed by atoms with Crippen molar-refractivity contribution in [3.63, 3.8) is 0 Å². The molecule has 0 radical (unpaired) electrons. The van der Waals surface area contributed by atoms with Gasteiger partial charge in [-0.1, -0.05) is 48.5 Å². The first kappa shape index (κ1) is 16.9. The van der Waals surface area contributed by atoms with Crippen LogP contribution in [0.15, 0.2) is 54.9 Å². The number of aryl methyl sites for hydroxylation is 1. The second-order valence-electron chi connectivity index (χ2n) is 7.23. The van der Waals surface area contributed by atoms with E-state index in [1.54, 1.807) is 0 Å². The largest absolute Gasteiger partial charge is 0.392 e. The van der Waals surface area contributed by atoms with E-state index in [1.165, 1.54) is 17.5 Å². The van der Waals surface area contributed by atoms with Gasteiger partial charge in [-0.2, -0.15) is 5.10 Å². The maximum atomic E-state index is 9.79. The summed E-state index contributed by atoms with van der Waals surface area (Å²) in [6.45, 7) is -0.0606. The van der Waals surface area contributed by atoms with E-state index in [1.807, 2.05) is 28.9 Å². The van der Waals surface area contributed by atoms with Crippen molar-refractivity contribution in [1.29, 1.82) is 0 Å². The summed E-state index contributed by atoms with van der Waals surface area (Å²) in [5.74, 6) is 0.412. The lowest BCUT2D eigenvalue weighted by Gasteiger charge is -2.25. The second kappa shape index (κ2) is 6.73. The first-order chi connectivity index (χ1) is 13.8. The minimum atomic E-state index is -0.0606. The molecule has 2 aromatic carbocycles. The second-order valence-corrected chi connectivity index (χ2v) is 7.23. The zero-order valence-electron chi connectivity index (χ0n) is 15.4. The molecule has 1 unspecified atom stereocenters. The van der Waals surface area contributed by atoms with Crippen LogP contribution in [0.25, 0.3) is 22.3 Å². The lowest BCUT2D eigenvalue weighted by molar-refractivity contribution is 0.282. The number of rotatable bonds is 3. The SMILES string of the molecule is Nc1ncnc2c1c(-c1ccccc1CO)nn2C1CCc2ccccc2C1. The molecule has 1 atom stereocenters. The van der Waals surface area contributed by atoms with Gasteiger partial charge in [-0.05, 0) is 36.0 Å². The van der Waals surface area contributed by atoms with Gasteiger partial charge >= 0.3 is 0 Å². The molecule has 0 bridgehead atoms. The highest BCUT2D eigenvalue weighted by molar-refractivity contribution is 5.98. The molecule has 6 heteroatoms. The molecule has 1 aliphatic carbocycles. The molecule has 4 aromatic rings. The van der Waals surface area contributed by atoms with Crippen LogP contribution in [0.5, 0.6) is 0 Å². The summed E-state index contributed by atoms with van der Waals surface area (Å²) in [4.78, 5) is 8.72. The van der Waals surface area contributed by atoms with Crippen LogP contribution in [0.4, 0.5) is 5.82 Å². The van der Waals surface area contributed by atoms with Gasteiger partial charge in [0.25, 0.3) is 0 Å². The molecule has 140 valence electrons. The van der Waals surface area contributed by atoms with Crippen molar-refractivity contribution in [1.82, 2.24) is 19.7 Å². The maximum absolute atomic E-state index is 9.79. The van der Waals surface area contributed by atoms with E-state index in [0.717, 1.165) is 47.1 Å². The fourth-order valence-corrected chi connectivity index (χ4v) is 4.22. The number of nitrogens with zero attached hydrogens (tertiary/aromatic N) is 4. The smallest absolute Gasteiger partial charge is 0.164 e. The number of nitrogens with two attached hydrogens (primary N) is 1. The van der Waals surface area contributed by atoms with Gasteiger partial charge < -0.3 is 10.8 Å². The van der Waals surface area contributed by atoms with E-state index in [2.05, 4.69) is 34.2 Å². The monoisotopic (exact) mass is 371 g/mol. The third-order valence-corrected chi connectivity index (χ3v) is 5.63. The minimum Gasteiger partial charge on any atom is -0.392 e. The fraction of sp³-hybridized carbons (Fsp3) is 0.227. The predicted molar refractivity (Wildman–Crippen MR) is 109 cm³/mol. The molecule has 2 aromatic heterocycles. The molecule has 0 amide bonds. The maximum Gasteiger partial charge on any atom is 0.164 e. The van der Waals surface area contributed by atoms with Gasteiger partial charge in [0, 0.05) is 5.56 Å². The highest BCUT2D eigenvalue weighted by atomic mass is 16.3. The van der Waals surface area contributed by atoms with E-state index >= 15 is 0 Å². The van der Waals surface area contributed by atoms with Gasteiger partial charge in [0.05, 0.1) is 18.0 Å². The van der Waals surface area contributed by atoms with Crippen LogP contribution in [0.2, 0.25) is 0 Å². The van der Waals surface area contributed by atoms with E-state index in [0.29, 0.717) is 5.82 Å². The summed E-state index contributed by atoms with van der Waals surface area (Å²) in [7, 11) is 0. The van der Waals surface area contributed by atoms with E-state index in [-0.39, 0.29) is 12.6 Å². The molecule has 1 aliphatic rings. The Hall–Kier alpha value is -3.25. The highest BCUT2D eigenvalue weighted by Gasteiger charge is 2.26. The van der Waals surface area contributed by atoms with E-state index in [9.17, 15) is 5.11 Å². The predicted octanol–water partition coefficient (Wildman–Crippen LogP) is 3.30. The Kier molecular flexibility index (Phi) is 4.06. The van der Waals surface area contributed by atoms with Crippen molar-refractivity contribution in [2.75, 3.05) is 5.73 Å². The van der Waals surface area contributed by atoms with Crippen LogP contribution < -0.4 is 5.73 Å². The summed E-state index contributed by atoms with van der Waals surface area (Å²) in [6.07, 6.45) is 4.43. The Labute approximate surface area is 162 Å². The molecule has 0 aliphatic heterocycles. The molecule has 0 saturated heterocycles. The van der Waals surface area contributed by atoms with Crippen LogP contribution in [-0.4, -0.2) is 24.9 Å². The van der Waals surface area contributed by atoms with Gasteiger partial charge in [-0.25, -0.2) is 14.6 Å². The first-order valence-electron chi connectivity index (χ1n) is 9.51. The van der Waals surface area contributed by atoms with Crippen LogP contribution >= 0.6 is 0 Å². The number of aliphatic hydroxyl groups excluding tert-OH is 1. The molecule has 0 saturated carbocycles. The normalized spacial score (nSPS) is 16.2. The Morgan fingerprint density at radius 2 is 1.82 bits per heavy atom. The third-order valence-electron chi connectivity index (χ3n) is 5.63. The quantitative estimate of drug-likeness (QED) is 0.577. The molecule has 2 heterocycles. The number of benzene rings is 2. The molecule has 28 heavy (non-hydrogen) atoms. The summed E-state index contributed by atoms with van der Waals surface area (Å²) in [6, 6.07) is 16.5. The number of fused-ring (bicyclic) bond motifs is 2. The van der Waals surface area contributed by atoms with Crippen molar-refractivity contribution in [2.24, 2.45) is 0 Å². The van der Waals surface area contributed by atoms with Crippen LogP contribution in [0.3, 0.4) is 0 Å². The summed E-state index contributed by atoms with van der Waals surface area (Å²) in [5, 5.41) is 15.5. The van der Waals surface area contributed by atoms with Gasteiger partial charge in [0.15, 0.2) is 5.65 Å². The van der Waals surface area contributed by atoms with Crippen molar-refractivity contribution in [2.45, 2.75) is 31.9 Å². The number of aromatic nitrogens is 4. The molecule has 0 fully saturated rings. The van der Waals surface area contributed by atoms with Gasteiger partial charge in [0.2, 0.25) is 0 Å². The van der Waals surface area contributed by atoms with Gasteiger partial charge in [-0.15, -0.1) is 0 Å². The Morgan fingerprint density at radius 3 is 2.68 bits per heavy atom. The average Bonchev–Trinajstić information content (AvgIpc) is 3.14. The van der Waals surface area contributed by atoms with Crippen LogP contribution in [0.1, 0.15) is 29.2 Å². The average molecular weight is 371 g/mol.